The molecule has 1 unspecified atom stereocenters. The Balaban J connectivity index is 1.67. The molecule has 0 aliphatic rings. The van der Waals surface area contributed by atoms with Gasteiger partial charge in [-0.05, 0) is 43.3 Å². The molecule has 0 spiro atoms. The maximum Gasteiger partial charge on any atom is 0.416 e. The van der Waals surface area contributed by atoms with Crippen molar-refractivity contribution in [2.45, 2.75) is 25.7 Å². The number of nitrogens with one attached hydrogen (secondary N) is 1. The molecule has 0 radical (unpaired) electrons. The average molecular weight is 390 g/mol. The number of carbonyl (C=O) groups excluding carboxylic acids is 1. The summed E-state index contributed by atoms with van der Waals surface area (Å²) in [6.07, 6.45) is -1.50. The number of alkyl halides is 3. The zero-order valence-electron chi connectivity index (χ0n) is 14.8. The van der Waals surface area contributed by atoms with Gasteiger partial charge in [-0.15, -0.1) is 0 Å². The van der Waals surface area contributed by atoms with Crippen molar-refractivity contribution >= 4 is 5.91 Å². The number of nitrogens with zero attached hydrogens (tertiary/aromatic N) is 3. The first-order chi connectivity index (χ1) is 13.3. The lowest BCUT2D eigenvalue weighted by Crippen LogP contribution is -2.35. The van der Waals surface area contributed by atoms with Gasteiger partial charge in [0.2, 0.25) is 0 Å². The number of hydrogen-bond donors (Lipinski definition) is 1. The van der Waals surface area contributed by atoms with Crippen LogP contribution in [0.15, 0.2) is 61.2 Å². The van der Waals surface area contributed by atoms with Crippen molar-refractivity contribution in [3.8, 4) is 11.5 Å². The molecular weight excluding hydrogens is 373 g/mol. The first-order valence-corrected chi connectivity index (χ1v) is 8.40. The Morgan fingerprint density at radius 3 is 2.57 bits per heavy atom. The van der Waals surface area contributed by atoms with Crippen LogP contribution in [-0.4, -0.2) is 26.7 Å². The number of amides is 1. The van der Waals surface area contributed by atoms with Crippen LogP contribution in [0.3, 0.4) is 0 Å². The van der Waals surface area contributed by atoms with Crippen molar-refractivity contribution in [3.05, 3.63) is 72.3 Å². The van der Waals surface area contributed by atoms with E-state index in [0.29, 0.717) is 12.1 Å². The smallest absolute Gasteiger partial charge is 0.416 e. The Labute approximate surface area is 159 Å². The lowest BCUT2D eigenvalue weighted by molar-refractivity contribution is -0.137. The minimum absolute atomic E-state index is 0.0342. The minimum Gasteiger partial charge on any atom is -0.457 e. The van der Waals surface area contributed by atoms with Gasteiger partial charge in [0.05, 0.1) is 12.1 Å². The summed E-state index contributed by atoms with van der Waals surface area (Å²) in [5, 5.41) is 6.80. The number of aromatic nitrogens is 3. The number of benzene rings is 2. The van der Waals surface area contributed by atoms with E-state index in [9.17, 15) is 18.0 Å². The number of rotatable bonds is 6. The normalized spacial score (nSPS) is 12.4. The Bertz CT molecular complexity index is 942. The maximum atomic E-state index is 12.8. The summed E-state index contributed by atoms with van der Waals surface area (Å²) in [5.41, 5.74) is -0.476. The Morgan fingerprint density at radius 2 is 1.89 bits per heavy atom. The van der Waals surface area contributed by atoms with E-state index in [1.807, 2.05) is 6.92 Å². The summed E-state index contributed by atoms with van der Waals surface area (Å²) in [6, 6.07) is 10.6. The zero-order valence-corrected chi connectivity index (χ0v) is 14.8. The molecule has 0 bridgehead atoms. The summed E-state index contributed by atoms with van der Waals surface area (Å²) in [4.78, 5) is 16.3. The first-order valence-electron chi connectivity index (χ1n) is 8.40. The lowest BCUT2D eigenvalue weighted by Gasteiger charge is -2.14. The van der Waals surface area contributed by atoms with Gasteiger partial charge in [-0.3, -0.25) is 9.48 Å². The molecule has 0 aliphatic heterocycles. The molecule has 0 aliphatic carbocycles. The fourth-order valence-electron chi connectivity index (χ4n) is 2.53. The lowest BCUT2D eigenvalue weighted by atomic mass is 10.2. The third-order valence-electron chi connectivity index (χ3n) is 3.80. The van der Waals surface area contributed by atoms with E-state index < -0.39 is 11.7 Å². The first kappa shape index (κ1) is 19.4. The molecule has 2 aromatic carbocycles. The SMILES string of the molecule is CC(Cn1cncn1)NC(=O)c1cccc(Oc2cccc(C(F)(F)F)c2)c1. The van der Waals surface area contributed by atoms with Crippen molar-refractivity contribution in [1.29, 1.82) is 0 Å². The maximum absolute atomic E-state index is 12.8. The molecule has 28 heavy (non-hydrogen) atoms. The fraction of sp³-hybridized carbons (Fsp3) is 0.211. The highest BCUT2D eigenvalue weighted by Gasteiger charge is 2.30. The van der Waals surface area contributed by atoms with Crippen molar-refractivity contribution in [1.82, 2.24) is 20.1 Å². The molecular formula is C19H17F3N4O2. The predicted octanol–water partition coefficient (Wildman–Crippen LogP) is 3.91. The molecule has 146 valence electrons. The molecule has 0 saturated heterocycles. The monoisotopic (exact) mass is 390 g/mol. The second-order valence-corrected chi connectivity index (χ2v) is 6.15. The van der Waals surface area contributed by atoms with Gasteiger partial charge in [0.1, 0.15) is 24.2 Å². The van der Waals surface area contributed by atoms with E-state index in [4.69, 9.17) is 4.74 Å². The molecule has 1 N–H and O–H groups in total. The van der Waals surface area contributed by atoms with E-state index in [2.05, 4.69) is 15.4 Å². The molecule has 3 rings (SSSR count). The molecule has 6 nitrogen and oxygen atoms in total. The van der Waals surface area contributed by atoms with E-state index in [0.717, 1.165) is 12.1 Å². The summed E-state index contributed by atoms with van der Waals surface area (Å²) in [5.74, 6) is -0.0371. The minimum atomic E-state index is -4.46. The number of halogens is 3. The Morgan fingerprint density at radius 1 is 1.18 bits per heavy atom. The van der Waals surface area contributed by atoms with Crippen LogP contribution in [-0.2, 0) is 12.7 Å². The van der Waals surface area contributed by atoms with Crippen molar-refractivity contribution in [2.75, 3.05) is 0 Å². The van der Waals surface area contributed by atoms with Crippen molar-refractivity contribution < 1.29 is 22.7 Å². The van der Waals surface area contributed by atoms with Crippen LogP contribution >= 0.6 is 0 Å². The highest BCUT2D eigenvalue weighted by molar-refractivity contribution is 5.94. The standard InChI is InChI=1S/C19H17F3N4O2/c1-13(10-26-12-23-11-24-26)25-18(27)14-4-2-6-16(8-14)28-17-7-3-5-15(9-17)19(20,21)22/h2-9,11-13H,10H2,1H3,(H,25,27). The predicted molar refractivity (Wildman–Crippen MR) is 94.9 cm³/mol. The zero-order chi connectivity index (χ0) is 20.1. The van der Waals surface area contributed by atoms with Gasteiger partial charge in [-0.2, -0.15) is 18.3 Å². The van der Waals surface area contributed by atoms with Gasteiger partial charge in [0.15, 0.2) is 0 Å². The van der Waals surface area contributed by atoms with E-state index >= 15 is 0 Å². The van der Waals surface area contributed by atoms with Gasteiger partial charge in [-0.1, -0.05) is 12.1 Å². The summed E-state index contributed by atoms with van der Waals surface area (Å²) in [6.45, 7) is 2.27. The van der Waals surface area contributed by atoms with Gasteiger partial charge in [0, 0.05) is 11.6 Å². The van der Waals surface area contributed by atoms with Crippen LogP contribution in [0.2, 0.25) is 0 Å². The van der Waals surface area contributed by atoms with Gasteiger partial charge < -0.3 is 10.1 Å². The van der Waals surface area contributed by atoms with Crippen molar-refractivity contribution in [2.24, 2.45) is 0 Å². The third-order valence-corrected chi connectivity index (χ3v) is 3.80. The highest BCUT2D eigenvalue weighted by Crippen LogP contribution is 2.32. The van der Waals surface area contributed by atoms with Crippen molar-refractivity contribution in [3.63, 3.8) is 0 Å². The van der Waals surface area contributed by atoms with Crippen LogP contribution in [0, 0.1) is 0 Å². The number of ether oxygens (including phenoxy) is 1. The van der Waals surface area contributed by atoms with E-state index in [1.165, 1.54) is 24.5 Å². The van der Waals surface area contributed by atoms with Crippen LogP contribution in [0.4, 0.5) is 13.2 Å². The van der Waals surface area contributed by atoms with E-state index in [1.54, 1.807) is 29.2 Å². The quantitative estimate of drug-likeness (QED) is 0.693. The second-order valence-electron chi connectivity index (χ2n) is 6.15. The molecule has 1 amide bonds. The largest absolute Gasteiger partial charge is 0.457 e. The van der Waals surface area contributed by atoms with E-state index in [-0.39, 0.29) is 23.4 Å². The van der Waals surface area contributed by atoms with Gasteiger partial charge >= 0.3 is 6.18 Å². The summed E-state index contributed by atoms with van der Waals surface area (Å²) in [7, 11) is 0. The fourth-order valence-corrected chi connectivity index (χ4v) is 2.53. The van der Waals surface area contributed by atoms with Gasteiger partial charge in [0.25, 0.3) is 5.91 Å². The van der Waals surface area contributed by atoms with Crippen LogP contribution in [0.5, 0.6) is 11.5 Å². The molecule has 0 saturated carbocycles. The summed E-state index contributed by atoms with van der Waals surface area (Å²) >= 11 is 0. The number of carbonyl (C=O) groups is 1. The molecule has 1 heterocycles. The molecule has 9 heteroatoms. The Hall–Kier alpha value is -3.36. The second kappa shape index (κ2) is 8.12. The molecule has 3 aromatic rings. The molecule has 1 aromatic heterocycles. The van der Waals surface area contributed by atoms with Crippen LogP contribution in [0.25, 0.3) is 0 Å². The Kier molecular flexibility index (Phi) is 5.62. The van der Waals surface area contributed by atoms with Crippen LogP contribution in [0.1, 0.15) is 22.8 Å². The average Bonchev–Trinajstić information content (AvgIpc) is 3.14. The van der Waals surface area contributed by atoms with Gasteiger partial charge in [-0.25, -0.2) is 4.98 Å². The number of hydrogen-bond acceptors (Lipinski definition) is 4. The third kappa shape index (κ3) is 5.09. The molecule has 0 fully saturated rings. The molecule has 1 atom stereocenters. The highest BCUT2D eigenvalue weighted by atomic mass is 19.4. The van der Waals surface area contributed by atoms with Crippen LogP contribution < -0.4 is 10.1 Å². The topological polar surface area (TPSA) is 69.0 Å². The summed E-state index contributed by atoms with van der Waals surface area (Å²) < 4.78 is 45.5.